The summed E-state index contributed by atoms with van der Waals surface area (Å²) in [6.45, 7) is 4.71. The molecule has 0 radical (unpaired) electrons. The van der Waals surface area contributed by atoms with Crippen LogP contribution in [-0.4, -0.2) is 43.3 Å². The average molecular weight is 304 g/mol. The number of morpholine rings is 1. The van der Waals surface area contributed by atoms with Crippen LogP contribution in [0, 0.1) is 5.92 Å². The number of carbonyl (C=O) groups excluding carboxylic acids is 1. The number of benzene rings is 1. The maximum Gasteiger partial charge on any atom is 0.322 e. The molecule has 2 aliphatic rings. The largest absolute Gasteiger partial charge is 0.494 e. The molecule has 0 aromatic heterocycles. The van der Waals surface area contributed by atoms with E-state index in [1.165, 1.54) is 12.8 Å². The minimum Gasteiger partial charge on any atom is -0.494 e. The first-order chi connectivity index (χ1) is 10.8. The Hall–Kier alpha value is -1.75. The van der Waals surface area contributed by atoms with E-state index in [9.17, 15) is 4.79 Å². The Balaban J connectivity index is 1.62. The number of anilines is 1. The van der Waals surface area contributed by atoms with Gasteiger partial charge in [0.25, 0.3) is 0 Å². The first kappa shape index (κ1) is 15.2. The van der Waals surface area contributed by atoms with E-state index in [1.54, 1.807) is 0 Å². The van der Waals surface area contributed by atoms with E-state index in [1.807, 2.05) is 29.2 Å². The third kappa shape index (κ3) is 3.71. The van der Waals surface area contributed by atoms with Crippen LogP contribution >= 0.6 is 0 Å². The van der Waals surface area contributed by atoms with Crippen molar-refractivity contribution in [1.29, 1.82) is 0 Å². The number of hydrogen-bond acceptors (Lipinski definition) is 3. The molecule has 120 valence electrons. The number of nitrogens with zero attached hydrogens (tertiary/aromatic N) is 1. The standard InChI is InChI=1S/C17H24N2O3/c1-2-9-22-15-5-3-4-14(11-15)18-17(20)19-8-10-21-12-16(19)13-6-7-13/h3-5,11,13,16H,2,6-10,12H2,1H3,(H,18,20)/t16-/m1/s1. The topological polar surface area (TPSA) is 50.8 Å². The maximum atomic E-state index is 12.6. The summed E-state index contributed by atoms with van der Waals surface area (Å²) in [4.78, 5) is 14.5. The lowest BCUT2D eigenvalue weighted by Crippen LogP contribution is -2.51. The monoisotopic (exact) mass is 304 g/mol. The third-order valence-corrected chi connectivity index (χ3v) is 4.15. The van der Waals surface area contributed by atoms with Crippen LogP contribution in [0.5, 0.6) is 5.75 Å². The van der Waals surface area contributed by atoms with Crippen LogP contribution in [0.4, 0.5) is 10.5 Å². The number of hydrogen-bond donors (Lipinski definition) is 1. The molecule has 2 fully saturated rings. The zero-order valence-electron chi connectivity index (χ0n) is 13.1. The molecule has 5 nitrogen and oxygen atoms in total. The van der Waals surface area contributed by atoms with Crippen LogP contribution in [-0.2, 0) is 4.74 Å². The Morgan fingerprint density at radius 3 is 3.09 bits per heavy atom. The van der Waals surface area contributed by atoms with E-state index in [0.29, 0.717) is 32.3 Å². The molecular weight excluding hydrogens is 280 g/mol. The van der Waals surface area contributed by atoms with Gasteiger partial charge in [0.1, 0.15) is 5.75 Å². The second-order valence-corrected chi connectivity index (χ2v) is 5.98. The molecule has 1 saturated carbocycles. The lowest BCUT2D eigenvalue weighted by molar-refractivity contribution is 0.00773. The van der Waals surface area contributed by atoms with Crippen LogP contribution in [0.2, 0.25) is 0 Å². The predicted molar refractivity (Wildman–Crippen MR) is 85.3 cm³/mol. The Morgan fingerprint density at radius 2 is 2.32 bits per heavy atom. The second-order valence-electron chi connectivity index (χ2n) is 5.98. The number of carbonyl (C=O) groups is 1. The highest BCUT2D eigenvalue weighted by Crippen LogP contribution is 2.36. The molecule has 1 aromatic carbocycles. The van der Waals surface area contributed by atoms with Gasteiger partial charge in [-0.3, -0.25) is 0 Å². The molecule has 1 aromatic rings. The molecule has 5 heteroatoms. The fraction of sp³-hybridized carbons (Fsp3) is 0.588. The molecule has 3 rings (SSSR count). The molecule has 2 amide bonds. The van der Waals surface area contributed by atoms with E-state index < -0.39 is 0 Å². The summed E-state index contributed by atoms with van der Waals surface area (Å²) in [6.07, 6.45) is 3.38. The molecular formula is C17H24N2O3. The lowest BCUT2D eigenvalue weighted by Gasteiger charge is -2.35. The zero-order chi connectivity index (χ0) is 15.4. The molecule has 0 unspecified atom stereocenters. The molecule has 22 heavy (non-hydrogen) atoms. The van der Waals surface area contributed by atoms with Gasteiger partial charge in [-0.05, 0) is 37.3 Å². The predicted octanol–water partition coefficient (Wildman–Crippen LogP) is 3.12. The quantitative estimate of drug-likeness (QED) is 0.909. The van der Waals surface area contributed by atoms with Gasteiger partial charge in [-0.2, -0.15) is 0 Å². The van der Waals surface area contributed by atoms with Crippen molar-refractivity contribution in [2.75, 3.05) is 31.7 Å². The van der Waals surface area contributed by atoms with Gasteiger partial charge in [-0.25, -0.2) is 4.79 Å². The summed E-state index contributed by atoms with van der Waals surface area (Å²) in [5, 5.41) is 2.99. The molecule has 1 heterocycles. The van der Waals surface area contributed by atoms with Gasteiger partial charge < -0.3 is 19.7 Å². The second kappa shape index (κ2) is 7.01. The summed E-state index contributed by atoms with van der Waals surface area (Å²) in [5.41, 5.74) is 0.777. The van der Waals surface area contributed by atoms with E-state index in [0.717, 1.165) is 17.9 Å². The Morgan fingerprint density at radius 1 is 1.45 bits per heavy atom. The van der Waals surface area contributed by atoms with Crippen molar-refractivity contribution in [2.45, 2.75) is 32.2 Å². The molecule has 1 N–H and O–H groups in total. The number of urea groups is 1. The third-order valence-electron chi connectivity index (χ3n) is 4.15. The maximum absolute atomic E-state index is 12.6. The summed E-state index contributed by atoms with van der Waals surface area (Å²) in [6, 6.07) is 7.77. The first-order valence-corrected chi connectivity index (χ1v) is 8.16. The molecule has 0 bridgehead atoms. The van der Waals surface area contributed by atoms with Gasteiger partial charge >= 0.3 is 6.03 Å². The van der Waals surface area contributed by atoms with Crippen LogP contribution < -0.4 is 10.1 Å². The fourth-order valence-electron chi connectivity index (χ4n) is 2.83. The van der Waals surface area contributed by atoms with E-state index in [-0.39, 0.29) is 12.1 Å². The van der Waals surface area contributed by atoms with E-state index in [2.05, 4.69) is 12.2 Å². The number of amides is 2. The van der Waals surface area contributed by atoms with Gasteiger partial charge in [-0.1, -0.05) is 13.0 Å². The molecule has 1 aliphatic heterocycles. The van der Waals surface area contributed by atoms with Crippen LogP contribution in [0.15, 0.2) is 24.3 Å². The Labute approximate surface area is 131 Å². The normalized spacial score (nSPS) is 21.5. The van der Waals surface area contributed by atoms with Gasteiger partial charge in [0.15, 0.2) is 0 Å². The van der Waals surface area contributed by atoms with Crippen molar-refractivity contribution in [1.82, 2.24) is 4.90 Å². The van der Waals surface area contributed by atoms with Gasteiger partial charge in [-0.15, -0.1) is 0 Å². The van der Waals surface area contributed by atoms with E-state index in [4.69, 9.17) is 9.47 Å². The summed E-state index contributed by atoms with van der Waals surface area (Å²) >= 11 is 0. The highest BCUT2D eigenvalue weighted by Gasteiger charge is 2.39. The van der Waals surface area contributed by atoms with Crippen LogP contribution in [0.3, 0.4) is 0 Å². The van der Waals surface area contributed by atoms with E-state index >= 15 is 0 Å². The molecule has 1 atom stereocenters. The van der Waals surface area contributed by atoms with Crippen molar-refractivity contribution >= 4 is 11.7 Å². The van der Waals surface area contributed by atoms with Gasteiger partial charge in [0.05, 0.1) is 25.9 Å². The summed E-state index contributed by atoms with van der Waals surface area (Å²) in [5.74, 6) is 1.41. The van der Waals surface area contributed by atoms with Gasteiger partial charge in [0, 0.05) is 18.3 Å². The lowest BCUT2D eigenvalue weighted by atomic mass is 10.1. The molecule has 0 spiro atoms. The highest BCUT2D eigenvalue weighted by atomic mass is 16.5. The Kier molecular flexibility index (Phi) is 4.83. The van der Waals surface area contributed by atoms with Crippen molar-refractivity contribution in [3.63, 3.8) is 0 Å². The van der Waals surface area contributed by atoms with Crippen LogP contribution in [0.25, 0.3) is 0 Å². The van der Waals surface area contributed by atoms with Crippen molar-refractivity contribution in [3.8, 4) is 5.75 Å². The van der Waals surface area contributed by atoms with Crippen molar-refractivity contribution in [3.05, 3.63) is 24.3 Å². The zero-order valence-corrected chi connectivity index (χ0v) is 13.1. The minimum absolute atomic E-state index is 0.0344. The highest BCUT2D eigenvalue weighted by molar-refractivity contribution is 5.89. The summed E-state index contributed by atoms with van der Waals surface area (Å²) in [7, 11) is 0. The number of ether oxygens (including phenoxy) is 2. The Bertz CT molecular complexity index is 516. The first-order valence-electron chi connectivity index (χ1n) is 8.16. The fourth-order valence-corrected chi connectivity index (χ4v) is 2.83. The average Bonchev–Trinajstić information content (AvgIpc) is 3.38. The number of nitrogens with one attached hydrogen (secondary N) is 1. The summed E-state index contributed by atoms with van der Waals surface area (Å²) < 4.78 is 11.1. The van der Waals surface area contributed by atoms with Crippen molar-refractivity contribution < 1.29 is 14.3 Å². The minimum atomic E-state index is -0.0344. The SMILES string of the molecule is CCCOc1cccc(NC(=O)N2CCOC[C@@H]2C2CC2)c1. The smallest absolute Gasteiger partial charge is 0.322 e. The van der Waals surface area contributed by atoms with Crippen LogP contribution in [0.1, 0.15) is 26.2 Å². The number of rotatable bonds is 5. The molecule has 1 saturated heterocycles. The van der Waals surface area contributed by atoms with Crippen molar-refractivity contribution in [2.24, 2.45) is 5.92 Å². The van der Waals surface area contributed by atoms with Gasteiger partial charge in [0.2, 0.25) is 0 Å². The molecule has 1 aliphatic carbocycles.